The molecule has 92 valence electrons. The lowest BCUT2D eigenvalue weighted by Crippen LogP contribution is -2.07. The summed E-state index contributed by atoms with van der Waals surface area (Å²) in [7, 11) is 0. The van der Waals surface area contributed by atoms with Gasteiger partial charge < -0.3 is 0 Å². The molecule has 0 radical (unpaired) electrons. The summed E-state index contributed by atoms with van der Waals surface area (Å²) in [6.45, 7) is 2.04. The summed E-state index contributed by atoms with van der Waals surface area (Å²) in [5.41, 5.74) is 3.08. The van der Waals surface area contributed by atoms with Crippen LogP contribution in [0.25, 0.3) is 0 Å². The smallest absolute Gasteiger partial charge is 0.143 e. The predicted octanol–water partition coefficient (Wildman–Crippen LogP) is 3.51. The number of nitrogens with zero attached hydrogens (tertiary/aromatic N) is 1. The Morgan fingerprint density at radius 2 is 1.83 bits per heavy atom. The molecule has 0 saturated carbocycles. The number of aryl methyl sites for hydroxylation is 1. The summed E-state index contributed by atoms with van der Waals surface area (Å²) in [5.74, 6) is 0.189. The van der Waals surface area contributed by atoms with E-state index in [0.717, 1.165) is 15.7 Å². The zero-order chi connectivity index (χ0) is 13.0. The minimum atomic E-state index is 0.189. The van der Waals surface area contributed by atoms with Crippen molar-refractivity contribution in [3.63, 3.8) is 0 Å². The number of aromatic nitrogens is 1. The highest BCUT2D eigenvalue weighted by molar-refractivity contribution is 9.10. The maximum absolute atomic E-state index is 11.9. The summed E-state index contributed by atoms with van der Waals surface area (Å²) in [6, 6.07) is 11.8. The van der Waals surface area contributed by atoms with Crippen molar-refractivity contribution in [3.05, 3.63) is 63.9 Å². The van der Waals surface area contributed by atoms with E-state index in [4.69, 9.17) is 0 Å². The molecule has 0 saturated heterocycles. The fourth-order valence-electron chi connectivity index (χ4n) is 1.71. The Labute approximate surface area is 115 Å². The van der Waals surface area contributed by atoms with Crippen molar-refractivity contribution >= 4 is 21.7 Å². The molecule has 2 aromatic rings. The Kier molecular flexibility index (Phi) is 4.26. The monoisotopic (exact) mass is 303 g/mol. The van der Waals surface area contributed by atoms with Crippen molar-refractivity contribution in [2.45, 2.75) is 19.8 Å². The highest BCUT2D eigenvalue weighted by Gasteiger charge is 2.06. The molecule has 0 amide bonds. The Morgan fingerprint density at radius 3 is 2.44 bits per heavy atom. The van der Waals surface area contributed by atoms with Crippen molar-refractivity contribution in [3.8, 4) is 0 Å². The highest BCUT2D eigenvalue weighted by Crippen LogP contribution is 2.09. The van der Waals surface area contributed by atoms with Gasteiger partial charge in [-0.25, -0.2) is 0 Å². The van der Waals surface area contributed by atoms with Gasteiger partial charge in [-0.1, -0.05) is 29.8 Å². The normalized spacial score (nSPS) is 10.3. The number of halogens is 1. The SMILES string of the molecule is Cc1ccc(CC(=O)Cc2ccc(Br)cn2)cc1. The van der Waals surface area contributed by atoms with Gasteiger partial charge in [0.2, 0.25) is 0 Å². The van der Waals surface area contributed by atoms with Gasteiger partial charge in [0.1, 0.15) is 5.78 Å². The van der Waals surface area contributed by atoms with Crippen LogP contribution in [-0.4, -0.2) is 10.8 Å². The van der Waals surface area contributed by atoms with Crippen LogP contribution in [0.5, 0.6) is 0 Å². The lowest BCUT2D eigenvalue weighted by molar-refractivity contribution is -0.117. The van der Waals surface area contributed by atoms with Crippen LogP contribution in [-0.2, 0) is 17.6 Å². The van der Waals surface area contributed by atoms with Crippen molar-refractivity contribution in [1.82, 2.24) is 4.98 Å². The second-order valence-electron chi connectivity index (χ2n) is 4.35. The van der Waals surface area contributed by atoms with E-state index in [2.05, 4.69) is 20.9 Å². The first-order valence-electron chi connectivity index (χ1n) is 5.81. The zero-order valence-electron chi connectivity index (χ0n) is 10.2. The fraction of sp³-hybridized carbons (Fsp3) is 0.200. The lowest BCUT2D eigenvalue weighted by atomic mass is 10.0. The molecule has 0 atom stereocenters. The van der Waals surface area contributed by atoms with E-state index in [0.29, 0.717) is 12.8 Å². The summed E-state index contributed by atoms with van der Waals surface area (Å²) in [5, 5.41) is 0. The quantitative estimate of drug-likeness (QED) is 0.865. The third-order valence-electron chi connectivity index (χ3n) is 2.69. The van der Waals surface area contributed by atoms with Crippen molar-refractivity contribution in [2.24, 2.45) is 0 Å². The van der Waals surface area contributed by atoms with Gasteiger partial charge in [-0.3, -0.25) is 9.78 Å². The number of ketones is 1. The maximum Gasteiger partial charge on any atom is 0.143 e. The average Bonchev–Trinajstić information content (AvgIpc) is 2.35. The van der Waals surface area contributed by atoms with E-state index >= 15 is 0 Å². The molecule has 0 fully saturated rings. The third kappa shape index (κ3) is 3.77. The molecular formula is C15H14BrNO. The molecule has 0 aliphatic rings. The van der Waals surface area contributed by atoms with Crippen molar-refractivity contribution in [2.75, 3.05) is 0 Å². The lowest BCUT2D eigenvalue weighted by Gasteiger charge is -2.02. The van der Waals surface area contributed by atoms with Crippen LogP contribution in [0.4, 0.5) is 0 Å². The number of Topliss-reactive ketones (excluding diaryl/α,β-unsaturated/α-hetero) is 1. The molecule has 1 aromatic heterocycles. The van der Waals surface area contributed by atoms with E-state index in [1.165, 1.54) is 5.56 Å². The summed E-state index contributed by atoms with van der Waals surface area (Å²) >= 11 is 3.32. The van der Waals surface area contributed by atoms with Gasteiger partial charge in [0.25, 0.3) is 0 Å². The topological polar surface area (TPSA) is 30.0 Å². The summed E-state index contributed by atoms with van der Waals surface area (Å²) in [6.07, 6.45) is 2.58. The van der Waals surface area contributed by atoms with Gasteiger partial charge in [0, 0.05) is 29.2 Å². The molecule has 0 spiro atoms. The summed E-state index contributed by atoms with van der Waals surface area (Å²) < 4.78 is 0.928. The Bertz CT molecular complexity index is 482. The van der Waals surface area contributed by atoms with E-state index < -0.39 is 0 Å². The predicted molar refractivity (Wildman–Crippen MR) is 75.5 cm³/mol. The van der Waals surface area contributed by atoms with Crippen LogP contribution in [0, 0.1) is 6.92 Å². The first-order chi connectivity index (χ1) is 8.63. The van der Waals surface area contributed by atoms with E-state index in [1.54, 1.807) is 6.20 Å². The largest absolute Gasteiger partial charge is 0.299 e. The second kappa shape index (κ2) is 5.91. The van der Waals surface area contributed by atoms with Crippen LogP contribution in [0.15, 0.2) is 47.1 Å². The molecule has 0 aliphatic heterocycles. The average molecular weight is 304 g/mol. The van der Waals surface area contributed by atoms with Crippen LogP contribution in [0.2, 0.25) is 0 Å². The van der Waals surface area contributed by atoms with Crippen LogP contribution < -0.4 is 0 Å². The molecule has 0 unspecified atom stereocenters. The Hall–Kier alpha value is -1.48. The van der Waals surface area contributed by atoms with E-state index in [9.17, 15) is 4.79 Å². The van der Waals surface area contributed by atoms with Crippen LogP contribution in [0.3, 0.4) is 0 Å². The van der Waals surface area contributed by atoms with Gasteiger partial charge in [-0.05, 0) is 40.5 Å². The van der Waals surface area contributed by atoms with Gasteiger partial charge in [0.05, 0.1) is 0 Å². The first-order valence-corrected chi connectivity index (χ1v) is 6.60. The zero-order valence-corrected chi connectivity index (χ0v) is 11.8. The minimum absolute atomic E-state index is 0.189. The molecule has 0 aliphatic carbocycles. The van der Waals surface area contributed by atoms with Gasteiger partial charge in [-0.2, -0.15) is 0 Å². The van der Waals surface area contributed by atoms with Crippen molar-refractivity contribution < 1.29 is 4.79 Å². The number of hydrogen-bond acceptors (Lipinski definition) is 2. The van der Waals surface area contributed by atoms with E-state index in [-0.39, 0.29) is 5.78 Å². The highest BCUT2D eigenvalue weighted by atomic mass is 79.9. The van der Waals surface area contributed by atoms with Crippen molar-refractivity contribution in [1.29, 1.82) is 0 Å². The number of pyridine rings is 1. The molecule has 2 rings (SSSR count). The number of carbonyl (C=O) groups excluding carboxylic acids is 1. The number of hydrogen-bond donors (Lipinski definition) is 0. The van der Waals surface area contributed by atoms with Crippen LogP contribution >= 0.6 is 15.9 Å². The van der Waals surface area contributed by atoms with Gasteiger partial charge in [0.15, 0.2) is 0 Å². The molecule has 3 heteroatoms. The molecule has 1 aromatic carbocycles. The molecule has 0 bridgehead atoms. The second-order valence-corrected chi connectivity index (χ2v) is 5.26. The molecule has 2 nitrogen and oxygen atoms in total. The number of benzene rings is 1. The van der Waals surface area contributed by atoms with Gasteiger partial charge in [-0.15, -0.1) is 0 Å². The Balaban J connectivity index is 1.96. The number of rotatable bonds is 4. The summed E-state index contributed by atoms with van der Waals surface area (Å²) in [4.78, 5) is 16.1. The Morgan fingerprint density at radius 1 is 1.11 bits per heavy atom. The van der Waals surface area contributed by atoms with E-state index in [1.807, 2.05) is 43.3 Å². The van der Waals surface area contributed by atoms with Crippen LogP contribution in [0.1, 0.15) is 16.8 Å². The maximum atomic E-state index is 11.9. The molecule has 1 heterocycles. The molecular weight excluding hydrogens is 290 g/mol. The standard InChI is InChI=1S/C15H14BrNO/c1-11-2-4-12(5-3-11)8-15(18)9-14-7-6-13(16)10-17-14/h2-7,10H,8-9H2,1H3. The van der Waals surface area contributed by atoms with Gasteiger partial charge >= 0.3 is 0 Å². The fourth-order valence-corrected chi connectivity index (χ4v) is 1.94. The minimum Gasteiger partial charge on any atom is -0.299 e. The molecule has 0 N–H and O–H groups in total. The molecule has 18 heavy (non-hydrogen) atoms. The first kappa shape index (κ1) is 13.0. The number of carbonyl (C=O) groups is 1. The third-order valence-corrected chi connectivity index (χ3v) is 3.16.